The first-order chi connectivity index (χ1) is 13.8. The fraction of sp³-hybridized carbons (Fsp3) is 0.0952. The summed E-state index contributed by atoms with van der Waals surface area (Å²) in [7, 11) is -2.20. The maximum absolute atomic E-state index is 12.6. The van der Waals surface area contributed by atoms with Gasteiger partial charge in [0.2, 0.25) is 0 Å². The van der Waals surface area contributed by atoms with Gasteiger partial charge in [-0.2, -0.15) is 0 Å². The van der Waals surface area contributed by atoms with Crippen LogP contribution in [0.25, 0.3) is 0 Å². The Balaban J connectivity index is 1.74. The number of benzene rings is 3. The lowest BCUT2D eigenvalue weighted by molar-refractivity contribution is 0.102. The van der Waals surface area contributed by atoms with Gasteiger partial charge >= 0.3 is 0 Å². The number of amides is 1. The third-order valence-corrected chi connectivity index (χ3v) is 6.46. The molecule has 0 fully saturated rings. The number of aryl methyl sites for hydroxylation is 1. The second kappa shape index (κ2) is 8.67. The van der Waals surface area contributed by atoms with Crippen LogP contribution in [0.2, 0.25) is 0 Å². The molecule has 0 aliphatic rings. The van der Waals surface area contributed by atoms with Gasteiger partial charge in [0.25, 0.3) is 15.9 Å². The summed E-state index contributed by atoms with van der Waals surface area (Å²) >= 11 is 3.36. The van der Waals surface area contributed by atoms with Crippen LogP contribution in [-0.4, -0.2) is 21.4 Å². The van der Waals surface area contributed by atoms with Crippen molar-refractivity contribution in [1.29, 1.82) is 0 Å². The Morgan fingerprint density at radius 1 is 1.00 bits per heavy atom. The Kier molecular flexibility index (Phi) is 6.24. The number of rotatable bonds is 6. The maximum atomic E-state index is 12.6. The van der Waals surface area contributed by atoms with Crippen LogP contribution in [-0.2, 0) is 10.0 Å². The van der Waals surface area contributed by atoms with Gasteiger partial charge in [-0.15, -0.1) is 0 Å². The highest BCUT2D eigenvalue weighted by molar-refractivity contribution is 9.10. The van der Waals surface area contributed by atoms with Crippen molar-refractivity contribution in [3.05, 3.63) is 82.3 Å². The normalized spacial score (nSPS) is 11.0. The van der Waals surface area contributed by atoms with Crippen LogP contribution >= 0.6 is 15.9 Å². The second-order valence-corrected chi connectivity index (χ2v) is 8.78. The van der Waals surface area contributed by atoms with Gasteiger partial charge < -0.3 is 10.1 Å². The number of hydrogen-bond acceptors (Lipinski definition) is 4. The van der Waals surface area contributed by atoms with Crippen molar-refractivity contribution in [3.8, 4) is 5.75 Å². The van der Waals surface area contributed by atoms with E-state index in [-0.39, 0.29) is 10.8 Å². The van der Waals surface area contributed by atoms with E-state index >= 15 is 0 Å². The Labute approximate surface area is 178 Å². The molecule has 1 amide bonds. The Morgan fingerprint density at radius 3 is 2.34 bits per heavy atom. The molecule has 0 aromatic heterocycles. The summed E-state index contributed by atoms with van der Waals surface area (Å²) in [6.07, 6.45) is 0. The van der Waals surface area contributed by atoms with Gasteiger partial charge in [-0.25, -0.2) is 8.42 Å². The van der Waals surface area contributed by atoms with Gasteiger partial charge in [0, 0.05) is 15.7 Å². The zero-order valence-electron chi connectivity index (χ0n) is 15.8. The molecule has 0 radical (unpaired) electrons. The van der Waals surface area contributed by atoms with E-state index in [9.17, 15) is 13.2 Å². The molecule has 8 heteroatoms. The quantitative estimate of drug-likeness (QED) is 0.536. The number of para-hydroxylation sites is 2. The number of anilines is 2. The zero-order valence-corrected chi connectivity index (χ0v) is 18.2. The van der Waals surface area contributed by atoms with E-state index in [0.29, 0.717) is 22.7 Å². The lowest BCUT2D eigenvalue weighted by Gasteiger charge is -2.11. The molecule has 0 unspecified atom stereocenters. The molecular weight excluding hydrogens is 456 g/mol. The fourth-order valence-corrected chi connectivity index (χ4v) is 4.02. The van der Waals surface area contributed by atoms with Crippen molar-refractivity contribution in [1.82, 2.24) is 0 Å². The number of carbonyl (C=O) groups excluding carboxylic acids is 1. The highest BCUT2D eigenvalue weighted by atomic mass is 79.9. The molecule has 29 heavy (non-hydrogen) atoms. The van der Waals surface area contributed by atoms with E-state index in [0.717, 1.165) is 10.0 Å². The third-order valence-electron chi connectivity index (χ3n) is 4.19. The summed E-state index contributed by atoms with van der Waals surface area (Å²) in [5.74, 6) is 0.225. The number of nitrogens with one attached hydrogen (secondary N) is 2. The van der Waals surface area contributed by atoms with E-state index in [4.69, 9.17) is 4.74 Å². The highest BCUT2D eigenvalue weighted by Crippen LogP contribution is 2.25. The molecule has 150 valence electrons. The topological polar surface area (TPSA) is 84.5 Å². The summed E-state index contributed by atoms with van der Waals surface area (Å²) in [5.41, 5.74) is 2.12. The number of ether oxygens (including phenoxy) is 1. The first-order valence-electron chi connectivity index (χ1n) is 8.63. The molecule has 0 heterocycles. The van der Waals surface area contributed by atoms with Crippen LogP contribution in [0.1, 0.15) is 15.9 Å². The van der Waals surface area contributed by atoms with Crippen molar-refractivity contribution in [2.75, 3.05) is 17.1 Å². The summed E-state index contributed by atoms with van der Waals surface area (Å²) in [5, 5.41) is 2.78. The van der Waals surface area contributed by atoms with E-state index < -0.39 is 10.0 Å². The van der Waals surface area contributed by atoms with E-state index in [1.54, 1.807) is 54.6 Å². The molecule has 0 spiro atoms. The SMILES string of the molecule is COc1ccccc1NC(=O)c1ccc(NS(=O)(=O)c2ccc(Br)c(C)c2)cc1. The maximum Gasteiger partial charge on any atom is 0.261 e. The predicted octanol–water partition coefficient (Wildman–Crippen LogP) is 4.82. The van der Waals surface area contributed by atoms with Crippen molar-refractivity contribution < 1.29 is 17.9 Å². The number of carbonyl (C=O) groups is 1. The molecule has 3 aromatic carbocycles. The second-order valence-electron chi connectivity index (χ2n) is 6.25. The van der Waals surface area contributed by atoms with Gasteiger partial charge in [0.15, 0.2) is 0 Å². The van der Waals surface area contributed by atoms with Crippen molar-refractivity contribution >= 4 is 43.2 Å². The third kappa shape index (κ3) is 4.96. The van der Waals surface area contributed by atoms with Crippen LogP contribution in [0.15, 0.2) is 76.1 Å². The minimum Gasteiger partial charge on any atom is -0.495 e. The lowest BCUT2D eigenvalue weighted by Crippen LogP contribution is -2.14. The Bertz CT molecular complexity index is 1150. The smallest absolute Gasteiger partial charge is 0.261 e. The van der Waals surface area contributed by atoms with Crippen LogP contribution in [0.4, 0.5) is 11.4 Å². The van der Waals surface area contributed by atoms with Crippen LogP contribution in [0.3, 0.4) is 0 Å². The summed E-state index contributed by atoms with van der Waals surface area (Å²) in [6.45, 7) is 1.82. The zero-order chi connectivity index (χ0) is 21.0. The van der Waals surface area contributed by atoms with E-state index in [1.807, 2.05) is 13.0 Å². The summed E-state index contributed by atoms with van der Waals surface area (Å²) in [4.78, 5) is 12.6. The van der Waals surface area contributed by atoms with Crippen molar-refractivity contribution in [2.45, 2.75) is 11.8 Å². The number of halogens is 1. The first kappa shape index (κ1) is 20.9. The summed E-state index contributed by atoms with van der Waals surface area (Å²) < 4.78 is 33.7. The predicted molar refractivity (Wildman–Crippen MR) is 117 cm³/mol. The molecule has 0 aliphatic heterocycles. The monoisotopic (exact) mass is 474 g/mol. The van der Waals surface area contributed by atoms with Gasteiger partial charge in [0.1, 0.15) is 5.75 Å². The van der Waals surface area contributed by atoms with E-state index in [2.05, 4.69) is 26.0 Å². The molecule has 0 atom stereocenters. The van der Waals surface area contributed by atoms with Crippen LogP contribution in [0.5, 0.6) is 5.75 Å². The molecule has 2 N–H and O–H groups in total. The Hall–Kier alpha value is -2.84. The summed E-state index contributed by atoms with van der Waals surface area (Å²) in [6, 6.07) is 18.1. The molecular formula is C21H19BrN2O4S. The largest absolute Gasteiger partial charge is 0.495 e. The average Bonchev–Trinajstić information content (AvgIpc) is 2.70. The lowest BCUT2D eigenvalue weighted by atomic mass is 10.2. The minimum absolute atomic E-state index is 0.163. The molecule has 0 bridgehead atoms. The Morgan fingerprint density at radius 2 is 1.69 bits per heavy atom. The van der Waals surface area contributed by atoms with Gasteiger partial charge in [0.05, 0.1) is 17.7 Å². The van der Waals surface area contributed by atoms with Gasteiger partial charge in [-0.3, -0.25) is 9.52 Å². The van der Waals surface area contributed by atoms with Crippen LogP contribution in [0, 0.1) is 6.92 Å². The van der Waals surface area contributed by atoms with Gasteiger partial charge in [-0.05, 0) is 67.1 Å². The molecule has 3 rings (SSSR count). The molecule has 6 nitrogen and oxygen atoms in total. The first-order valence-corrected chi connectivity index (χ1v) is 10.9. The molecule has 0 aliphatic carbocycles. The number of methoxy groups -OCH3 is 1. The minimum atomic E-state index is -3.73. The molecule has 3 aromatic rings. The fourth-order valence-electron chi connectivity index (χ4n) is 2.63. The van der Waals surface area contributed by atoms with Crippen molar-refractivity contribution in [3.63, 3.8) is 0 Å². The number of sulfonamides is 1. The standard InChI is InChI=1S/C21H19BrN2O4S/c1-14-13-17(11-12-18(14)22)29(26,27)24-16-9-7-15(8-10-16)21(25)23-19-5-3-4-6-20(19)28-2/h3-13,24H,1-2H3,(H,23,25). The highest BCUT2D eigenvalue weighted by Gasteiger charge is 2.16. The van der Waals surface area contributed by atoms with Crippen LogP contribution < -0.4 is 14.8 Å². The molecule has 0 saturated heterocycles. The average molecular weight is 475 g/mol. The van der Waals surface area contributed by atoms with Gasteiger partial charge in [-0.1, -0.05) is 28.1 Å². The van der Waals surface area contributed by atoms with E-state index in [1.165, 1.54) is 13.2 Å². The van der Waals surface area contributed by atoms with Crippen molar-refractivity contribution in [2.24, 2.45) is 0 Å². The molecule has 0 saturated carbocycles. The number of hydrogen-bond donors (Lipinski definition) is 2.